The standard InChI is InChI=1S/C22H17N5O4S/c1-3-14-5-4-13(11-24-14)22-27-18-9-15(6-7-19(18)31-22)26-21(28)17-8-16(10-23)25-12-20(17)32(2,29)30/h4-9,11-12H,3H2,1-2H3,(H,26,28). The molecule has 0 atom stereocenters. The highest BCUT2D eigenvalue weighted by Gasteiger charge is 2.21. The lowest BCUT2D eigenvalue weighted by Crippen LogP contribution is -2.17. The van der Waals surface area contributed by atoms with E-state index in [1.54, 1.807) is 30.5 Å². The number of amides is 1. The Balaban J connectivity index is 1.65. The lowest BCUT2D eigenvalue weighted by molar-refractivity contribution is 0.102. The molecule has 1 N–H and O–H groups in total. The van der Waals surface area contributed by atoms with Gasteiger partial charge in [-0.2, -0.15) is 5.26 Å². The molecule has 10 heteroatoms. The van der Waals surface area contributed by atoms with Crippen LogP contribution in [0.15, 0.2) is 58.1 Å². The lowest BCUT2D eigenvalue weighted by Gasteiger charge is -2.09. The minimum absolute atomic E-state index is 0.0677. The molecule has 0 bridgehead atoms. The average molecular weight is 447 g/mol. The highest BCUT2D eigenvalue weighted by atomic mass is 32.2. The van der Waals surface area contributed by atoms with Crippen molar-refractivity contribution in [3.05, 3.63) is 65.7 Å². The largest absolute Gasteiger partial charge is 0.436 e. The van der Waals surface area contributed by atoms with Crippen LogP contribution >= 0.6 is 0 Å². The van der Waals surface area contributed by atoms with Crippen molar-refractivity contribution in [2.45, 2.75) is 18.2 Å². The molecule has 4 rings (SSSR count). The van der Waals surface area contributed by atoms with E-state index in [9.17, 15) is 13.2 Å². The van der Waals surface area contributed by atoms with Crippen molar-refractivity contribution >= 4 is 32.5 Å². The summed E-state index contributed by atoms with van der Waals surface area (Å²) >= 11 is 0. The van der Waals surface area contributed by atoms with E-state index >= 15 is 0 Å². The first kappa shape index (κ1) is 21.1. The normalized spacial score (nSPS) is 11.3. The molecule has 160 valence electrons. The molecule has 1 amide bonds. The summed E-state index contributed by atoms with van der Waals surface area (Å²) in [5, 5.41) is 11.7. The number of pyridine rings is 2. The van der Waals surface area contributed by atoms with Gasteiger partial charge in [0.1, 0.15) is 17.3 Å². The number of nitrogens with one attached hydrogen (secondary N) is 1. The van der Waals surface area contributed by atoms with E-state index in [4.69, 9.17) is 9.68 Å². The zero-order valence-electron chi connectivity index (χ0n) is 17.2. The molecule has 4 aromatic rings. The van der Waals surface area contributed by atoms with Crippen LogP contribution in [0.3, 0.4) is 0 Å². The summed E-state index contributed by atoms with van der Waals surface area (Å²) in [6.45, 7) is 2.02. The molecule has 0 saturated heterocycles. The number of aromatic nitrogens is 3. The zero-order chi connectivity index (χ0) is 22.9. The van der Waals surface area contributed by atoms with Crippen molar-refractivity contribution in [2.24, 2.45) is 0 Å². The van der Waals surface area contributed by atoms with E-state index in [1.165, 1.54) is 0 Å². The van der Waals surface area contributed by atoms with Gasteiger partial charge in [-0.05, 0) is 42.8 Å². The quantitative estimate of drug-likeness (QED) is 0.491. The van der Waals surface area contributed by atoms with Crippen molar-refractivity contribution < 1.29 is 17.6 Å². The number of carbonyl (C=O) groups is 1. The number of aryl methyl sites for hydroxylation is 1. The number of anilines is 1. The SMILES string of the molecule is CCc1ccc(-c2nc3cc(NC(=O)c4cc(C#N)ncc4S(C)(=O)=O)ccc3o2)cn1. The van der Waals surface area contributed by atoms with Crippen LogP contribution in [0, 0.1) is 11.3 Å². The van der Waals surface area contributed by atoms with Crippen LogP contribution in [-0.4, -0.2) is 35.5 Å². The van der Waals surface area contributed by atoms with Gasteiger partial charge in [0.2, 0.25) is 5.89 Å². The van der Waals surface area contributed by atoms with Crippen LogP contribution in [0.1, 0.15) is 28.7 Å². The molecule has 0 saturated carbocycles. The summed E-state index contributed by atoms with van der Waals surface area (Å²) in [6, 6.07) is 11.6. The Morgan fingerprint density at radius 3 is 2.62 bits per heavy atom. The molecule has 9 nitrogen and oxygen atoms in total. The van der Waals surface area contributed by atoms with Gasteiger partial charge in [-0.25, -0.2) is 18.4 Å². The summed E-state index contributed by atoms with van der Waals surface area (Å²) < 4.78 is 29.8. The number of fused-ring (bicyclic) bond motifs is 1. The van der Waals surface area contributed by atoms with Gasteiger partial charge in [-0.15, -0.1) is 0 Å². The summed E-state index contributed by atoms with van der Waals surface area (Å²) in [5.74, 6) is -0.294. The van der Waals surface area contributed by atoms with Crippen LogP contribution in [-0.2, 0) is 16.3 Å². The van der Waals surface area contributed by atoms with Crippen molar-refractivity contribution in [1.29, 1.82) is 5.26 Å². The summed E-state index contributed by atoms with van der Waals surface area (Å²) in [7, 11) is -3.73. The van der Waals surface area contributed by atoms with Crippen LogP contribution in [0.25, 0.3) is 22.6 Å². The van der Waals surface area contributed by atoms with Gasteiger partial charge >= 0.3 is 0 Å². The van der Waals surface area contributed by atoms with E-state index in [0.717, 1.165) is 36.2 Å². The van der Waals surface area contributed by atoms with E-state index in [1.807, 2.05) is 19.1 Å². The van der Waals surface area contributed by atoms with E-state index in [-0.39, 0.29) is 16.2 Å². The molecule has 0 aliphatic rings. The number of hydrogen-bond donors (Lipinski definition) is 1. The Kier molecular flexibility index (Phi) is 5.42. The Morgan fingerprint density at radius 2 is 1.97 bits per heavy atom. The predicted molar refractivity (Wildman–Crippen MR) is 117 cm³/mol. The van der Waals surface area contributed by atoms with Crippen molar-refractivity contribution in [2.75, 3.05) is 11.6 Å². The van der Waals surface area contributed by atoms with Gasteiger partial charge in [-0.3, -0.25) is 9.78 Å². The molecule has 0 spiro atoms. The summed E-state index contributed by atoms with van der Waals surface area (Å²) in [5.41, 5.74) is 2.86. The van der Waals surface area contributed by atoms with Gasteiger partial charge in [-0.1, -0.05) is 6.92 Å². The third kappa shape index (κ3) is 4.19. The van der Waals surface area contributed by atoms with E-state index < -0.39 is 15.7 Å². The summed E-state index contributed by atoms with van der Waals surface area (Å²) in [6.07, 6.45) is 4.49. The number of hydrogen-bond acceptors (Lipinski definition) is 8. The number of nitriles is 1. The highest BCUT2D eigenvalue weighted by molar-refractivity contribution is 7.90. The Hall–Kier alpha value is -4.10. The van der Waals surface area contributed by atoms with Crippen LogP contribution in [0.2, 0.25) is 0 Å². The fourth-order valence-corrected chi connectivity index (χ4v) is 3.86. The number of oxazole rings is 1. The van der Waals surface area contributed by atoms with Gasteiger partial charge in [0.05, 0.1) is 16.0 Å². The number of benzene rings is 1. The predicted octanol–water partition coefficient (Wildman–Crippen LogP) is 3.37. The maximum atomic E-state index is 12.8. The third-order valence-electron chi connectivity index (χ3n) is 4.71. The molecule has 32 heavy (non-hydrogen) atoms. The molecule has 0 unspecified atom stereocenters. The maximum absolute atomic E-state index is 12.8. The van der Waals surface area contributed by atoms with Gasteiger partial charge in [0.15, 0.2) is 15.4 Å². The molecule has 0 aliphatic carbocycles. The molecule has 0 fully saturated rings. The monoisotopic (exact) mass is 447 g/mol. The first-order chi connectivity index (χ1) is 15.3. The van der Waals surface area contributed by atoms with Crippen LogP contribution < -0.4 is 5.32 Å². The number of sulfone groups is 1. The van der Waals surface area contributed by atoms with Crippen molar-refractivity contribution in [3.8, 4) is 17.5 Å². The van der Waals surface area contributed by atoms with Gasteiger partial charge in [0, 0.05) is 30.0 Å². The third-order valence-corrected chi connectivity index (χ3v) is 5.83. The lowest BCUT2D eigenvalue weighted by atomic mass is 10.2. The maximum Gasteiger partial charge on any atom is 0.257 e. The average Bonchev–Trinajstić information content (AvgIpc) is 3.21. The second-order valence-corrected chi connectivity index (χ2v) is 8.98. The minimum atomic E-state index is -3.73. The Bertz CT molecular complexity index is 1490. The van der Waals surface area contributed by atoms with Crippen LogP contribution in [0.4, 0.5) is 5.69 Å². The molecule has 1 aromatic carbocycles. The second kappa shape index (κ2) is 8.20. The fraction of sp³-hybridized carbons (Fsp3) is 0.136. The molecular weight excluding hydrogens is 430 g/mol. The molecule has 3 aromatic heterocycles. The van der Waals surface area contributed by atoms with Crippen molar-refractivity contribution in [3.63, 3.8) is 0 Å². The molecule has 3 heterocycles. The number of rotatable bonds is 5. The Morgan fingerprint density at radius 1 is 1.16 bits per heavy atom. The van der Waals surface area contributed by atoms with E-state index in [2.05, 4.69) is 20.3 Å². The highest BCUT2D eigenvalue weighted by Crippen LogP contribution is 2.26. The molecule has 0 aliphatic heterocycles. The van der Waals surface area contributed by atoms with Gasteiger partial charge in [0.25, 0.3) is 5.91 Å². The van der Waals surface area contributed by atoms with Gasteiger partial charge < -0.3 is 9.73 Å². The van der Waals surface area contributed by atoms with E-state index in [0.29, 0.717) is 22.7 Å². The first-order valence-corrected chi connectivity index (χ1v) is 11.4. The van der Waals surface area contributed by atoms with Crippen LogP contribution in [0.5, 0.6) is 0 Å². The molecule has 0 radical (unpaired) electrons. The van der Waals surface area contributed by atoms with Crippen molar-refractivity contribution in [1.82, 2.24) is 15.0 Å². The second-order valence-electron chi connectivity index (χ2n) is 7.00. The Labute approximate surface area is 183 Å². The topological polar surface area (TPSA) is 139 Å². The number of carbonyl (C=O) groups excluding carboxylic acids is 1. The molecular formula is C22H17N5O4S. The first-order valence-electron chi connectivity index (χ1n) is 9.56. The smallest absolute Gasteiger partial charge is 0.257 e. The fourth-order valence-electron chi connectivity index (χ4n) is 3.06. The zero-order valence-corrected chi connectivity index (χ0v) is 18.0. The minimum Gasteiger partial charge on any atom is -0.436 e. The summed E-state index contributed by atoms with van der Waals surface area (Å²) in [4.78, 5) is 25.1. The number of nitrogens with zero attached hydrogens (tertiary/aromatic N) is 4.